The number of nitrogens with one attached hydrogen (secondary N) is 1. The highest BCUT2D eigenvalue weighted by atomic mass is 14.7. The lowest BCUT2D eigenvalue weighted by atomic mass is 10.1. The SMILES string of the molecule is Cc1ccc2[nH]cc(C)c2c1.[HH]. The van der Waals surface area contributed by atoms with E-state index < -0.39 is 0 Å². The lowest BCUT2D eigenvalue weighted by Gasteiger charge is -1.92. The predicted molar refractivity (Wildman–Crippen MR) is 49.9 cm³/mol. The van der Waals surface area contributed by atoms with Crippen LogP contribution in [0.25, 0.3) is 10.9 Å². The van der Waals surface area contributed by atoms with Crippen molar-refractivity contribution in [1.29, 1.82) is 0 Å². The third-order valence-electron chi connectivity index (χ3n) is 2.04. The maximum absolute atomic E-state index is 3.22. The van der Waals surface area contributed by atoms with Gasteiger partial charge in [0.15, 0.2) is 0 Å². The molecule has 0 amide bonds. The van der Waals surface area contributed by atoms with E-state index in [4.69, 9.17) is 0 Å². The molecule has 0 aliphatic rings. The molecule has 11 heavy (non-hydrogen) atoms. The number of H-pyrrole nitrogens is 1. The molecule has 1 heterocycles. The van der Waals surface area contributed by atoms with E-state index in [-0.39, 0.29) is 1.43 Å². The summed E-state index contributed by atoms with van der Waals surface area (Å²) in [6, 6.07) is 6.46. The van der Waals surface area contributed by atoms with Crippen LogP contribution in [-0.2, 0) is 0 Å². The molecular weight excluding hydrogens is 134 g/mol. The third kappa shape index (κ3) is 0.929. The van der Waals surface area contributed by atoms with Gasteiger partial charge in [0.1, 0.15) is 0 Å². The average molecular weight is 147 g/mol. The second-order valence-corrected chi connectivity index (χ2v) is 3.02. The van der Waals surface area contributed by atoms with Crippen molar-refractivity contribution in [3.63, 3.8) is 0 Å². The van der Waals surface area contributed by atoms with Gasteiger partial charge >= 0.3 is 0 Å². The Morgan fingerprint density at radius 3 is 2.91 bits per heavy atom. The molecular formula is C10H13N. The summed E-state index contributed by atoms with van der Waals surface area (Å²) in [5.74, 6) is 0. The van der Waals surface area contributed by atoms with E-state index in [2.05, 4.69) is 37.0 Å². The molecule has 0 aliphatic carbocycles. The number of aryl methyl sites for hydroxylation is 2. The fourth-order valence-electron chi connectivity index (χ4n) is 1.37. The van der Waals surface area contributed by atoms with Gasteiger partial charge in [0, 0.05) is 18.5 Å². The Bertz CT molecular complexity index is 390. The maximum Gasteiger partial charge on any atom is 0.0456 e. The normalized spacial score (nSPS) is 10.7. The summed E-state index contributed by atoms with van der Waals surface area (Å²) in [6.07, 6.45) is 2.05. The second kappa shape index (κ2) is 2.12. The van der Waals surface area contributed by atoms with E-state index in [0.29, 0.717) is 0 Å². The molecule has 1 aromatic carbocycles. The smallest absolute Gasteiger partial charge is 0.0456 e. The van der Waals surface area contributed by atoms with E-state index in [1.807, 2.05) is 6.20 Å². The van der Waals surface area contributed by atoms with E-state index in [1.54, 1.807) is 0 Å². The number of aromatic amines is 1. The molecule has 58 valence electrons. The Kier molecular flexibility index (Phi) is 1.25. The van der Waals surface area contributed by atoms with Gasteiger partial charge in [-0.15, -0.1) is 0 Å². The monoisotopic (exact) mass is 147 g/mol. The molecule has 0 saturated heterocycles. The van der Waals surface area contributed by atoms with Crippen molar-refractivity contribution in [2.45, 2.75) is 13.8 Å². The first-order valence-electron chi connectivity index (χ1n) is 3.82. The van der Waals surface area contributed by atoms with Crippen LogP contribution in [0.2, 0.25) is 0 Å². The molecule has 1 N–H and O–H groups in total. The van der Waals surface area contributed by atoms with Crippen molar-refractivity contribution in [2.75, 3.05) is 0 Å². The third-order valence-corrected chi connectivity index (χ3v) is 2.04. The highest BCUT2D eigenvalue weighted by Gasteiger charge is 1.97. The van der Waals surface area contributed by atoms with Gasteiger partial charge < -0.3 is 4.98 Å². The van der Waals surface area contributed by atoms with Crippen LogP contribution in [0.15, 0.2) is 24.4 Å². The van der Waals surface area contributed by atoms with Crippen molar-refractivity contribution >= 4 is 10.9 Å². The predicted octanol–water partition coefficient (Wildman–Crippen LogP) is 3.03. The van der Waals surface area contributed by atoms with E-state index in [0.717, 1.165) is 0 Å². The molecule has 1 aromatic heterocycles. The molecule has 2 aromatic rings. The zero-order chi connectivity index (χ0) is 7.84. The minimum Gasteiger partial charge on any atom is -0.361 e. The van der Waals surface area contributed by atoms with Crippen molar-refractivity contribution < 1.29 is 1.43 Å². The van der Waals surface area contributed by atoms with Crippen LogP contribution in [0.5, 0.6) is 0 Å². The Hall–Kier alpha value is -1.24. The minimum atomic E-state index is 0. The summed E-state index contributed by atoms with van der Waals surface area (Å²) in [7, 11) is 0. The molecule has 0 radical (unpaired) electrons. The van der Waals surface area contributed by atoms with Crippen LogP contribution >= 0.6 is 0 Å². The van der Waals surface area contributed by atoms with E-state index in [1.165, 1.54) is 22.0 Å². The molecule has 0 spiro atoms. The molecule has 1 nitrogen and oxygen atoms in total. The summed E-state index contributed by atoms with van der Waals surface area (Å²) in [5.41, 5.74) is 3.87. The van der Waals surface area contributed by atoms with Gasteiger partial charge in [0.05, 0.1) is 0 Å². The van der Waals surface area contributed by atoms with Gasteiger partial charge in [-0.2, -0.15) is 0 Å². The summed E-state index contributed by atoms with van der Waals surface area (Å²) >= 11 is 0. The highest BCUT2D eigenvalue weighted by molar-refractivity contribution is 5.83. The summed E-state index contributed by atoms with van der Waals surface area (Å²) in [6.45, 7) is 4.24. The van der Waals surface area contributed by atoms with Gasteiger partial charge in [-0.3, -0.25) is 0 Å². The van der Waals surface area contributed by atoms with Gasteiger partial charge in [0.25, 0.3) is 0 Å². The summed E-state index contributed by atoms with van der Waals surface area (Å²) in [5, 5.41) is 1.34. The fourth-order valence-corrected chi connectivity index (χ4v) is 1.37. The molecule has 0 aliphatic heterocycles. The van der Waals surface area contributed by atoms with Gasteiger partial charge in [0.2, 0.25) is 0 Å². The number of aromatic nitrogens is 1. The quantitative estimate of drug-likeness (QED) is 0.589. The van der Waals surface area contributed by atoms with Crippen molar-refractivity contribution in [3.05, 3.63) is 35.5 Å². The number of rotatable bonds is 0. The lowest BCUT2D eigenvalue weighted by Crippen LogP contribution is -1.72. The molecule has 2 rings (SSSR count). The van der Waals surface area contributed by atoms with Crippen molar-refractivity contribution in [3.8, 4) is 0 Å². The first kappa shape index (κ1) is 6.47. The minimum absolute atomic E-state index is 0. The Balaban J connectivity index is 0.000000720. The largest absolute Gasteiger partial charge is 0.361 e. The standard InChI is InChI=1S/C10H11N.H2/c1-7-3-4-10-9(5-7)8(2)6-11-10;/h3-6,11H,1-2H3;1H. The van der Waals surface area contributed by atoms with E-state index in [9.17, 15) is 0 Å². The van der Waals surface area contributed by atoms with Crippen LogP contribution in [-0.4, -0.2) is 4.98 Å². The van der Waals surface area contributed by atoms with Gasteiger partial charge in [-0.25, -0.2) is 0 Å². The Morgan fingerprint density at radius 1 is 1.27 bits per heavy atom. The molecule has 0 fully saturated rings. The fraction of sp³-hybridized carbons (Fsp3) is 0.200. The van der Waals surface area contributed by atoms with Crippen LogP contribution in [0, 0.1) is 13.8 Å². The molecule has 0 unspecified atom stereocenters. The summed E-state index contributed by atoms with van der Waals surface area (Å²) < 4.78 is 0. The zero-order valence-corrected chi connectivity index (χ0v) is 6.81. The number of fused-ring (bicyclic) bond motifs is 1. The topological polar surface area (TPSA) is 15.8 Å². The number of benzene rings is 1. The van der Waals surface area contributed by atoms with Crippen LogP contribution in [0.3, 0.4) is 0 Å². The highest BCUT2D eigenvalue weighted by Crippen LogP contribution is 2.17. The molecule has 0 atom stereocenters. The number of hydrogen-bond donors (Lipinski definition) is 1. The summed E-state index contributed by atoms with van der Waals surface area (Å²) in [4.78, 5) is 3.22. The van der Waals surface area contributed by atoms with Gasteiger partial charge in [-0.1, -0.05) is 11.6 Å². The second-order valence-electron chi connectivity index (χ2n) is 3.02. The van der Waals surface area contributed by atoms with E-state index >= 15 is 0 Å². The number of hydrogen-bond acceptors (Lipinski definition) is 0. The molecule has 0 bridgehead atoms. The zero-order valence-electron chi connectivity index (χ0n) is 6.81. The van der Waals surface area contributed by atoms with Crippen LogP contribution < -0.4 is 0 Å². The first-order chi connectivity index (χ1) is 5.27. The van der Waals surface area contributed by atoms with Crippen LogP contribution in [0.4, 0.5) is 0 Å². The first-order valence-corrected chi connectivity index (χ1v) is 3.82. The lowest BCUT2D eigenvalue weighted by molar-refractivity contribution is 1.42. The Labute approximate surface area is 67.5 Å². The average Bonchev–Trinajstić information content (AvgIpc) is 2.33. The van der Waals surface area contributed by atoms with Gasteiger partial charge in [-0.05, 0) is 31.5 Å². The van der Waals surface area contributed by atoms with Crippen LogP contribution in [0.1, 0.15) is 12.6 Å². The van der Waals surface area contributed by atoms with Crippen molar-refractivity contribution in [2.24, 2.45) is 0 Å². The molecule has 1 heteroatoms. The Morgan fingerprint density at radius 2 is 2.09 bits per heavy atom. The maximum atomic E-state index is 3.22. The van der Waals surface area contributed by atoms with Crippen molar-refractivity contribution in [1.82, 2.24) is 4.98 Å². The molecule has 0 saturated carbocycles.